The lowest BCUT2D eigenvalue weighted by Gasteiger charge is -2.22. The fourth-order valence-electron chi connectivity index (χ4n) is 4.90. The second-order valence-corrected chi connectivity index (χ2v) is 8.86. The SMILES string of the molecule is Cc1c(C2=CCOCC2)cccc1C(C)Nc1nnc(C)c2cc3c(cc12)n(C)c(=O)n3C. The number of hydrogen-bond donors (Lipinski definition) is 1. The topological polar surface area (TPSA) is 74.0 Å². The van der Waals surface area contributed by atoms with Crippen molar-refractivity contribution in [2.45, 2.75) is 33.2 Å². The molecule has 2 aromatic heterocycles. The van der Waals surface area contributed by atoms with Crippen LogP contribution in [0.4, 0.5) is 5.82 Å². The molecule has 5 rings (SSSR count). The van der Waals surface area contributed by atoms with E-state index in [2.05, 4.69) is 53.6 Å². The Bertz CT molecular complexity index is 1480. The zero-order valence-electron chi connectivity index (χ0n) is 19.8. The standard InChI is InChI=1S/C26H29N5O2/c1-15-19(7-6-8-20(15)18-9-11-33-12-10-18)16(2)27-25-22-14-24-23(30(4)26(32)31(24)5)13-21(22)17(3)28-29-25/h6-9,13-14,16H,10-12H2,1-5H3,(H,27,29). The van der Waals surface area contributed by atoms with E-state index in [1.807, 2.05) is 19.1 Å². The van der Waals surface area contributed by atoms with E-state index >= 15 is 0 Å². The van der Waals surface area contributed by atoms with Gasteiger partial charge < -0.3 is 10.1 Å². The molecule has 1 aliphatic rings. The van der Waals surface area contributed by atoms with Gasteiger partial charge in [-0.25, -0.2) is 4.79 Å². The van der Waals surface area contributed by atoms with Crippen LogP contribution in [0.5, 0.6) is 0 Å². The largest absolute Gasteiger partial charge is 0.377 e. The summed E-state index contributed by atoms with van der Waals surface area (Å²) in [6.07, 6.45) is 3.12. The van der Waals surface area contributed by atoms with Gasteiger partial charge in [0.25, 0.3) is 0 Å². The van der Waals surface area contributed by atoms with Gasteiger partial charge in [-0.2, -0.15) is 5.10 Å². The van der Waals surface area contributed by atoms with E-state index in [4.69, 9.17) is 4.74 Å². The van der Waals surface area contributed by atoms with Crippen LogP contribution in [0.25, 0.3) is 27.4 Å². The quantitative estimate of drug-likeness (QED) is 0.506. The molecule has 1 N–H and O–H groups in total. The van der Waals surface area contributed by atoms with Crippen LogP contribution in [0.3, 0.4) is 0 Å². The molecule has 7 heteroatoms. The monoisotopic (exact) mass is 443 g/mol. The van der Waals surface area contributed by atoms with Gasteiger partial charge in [0.1, 0.15) is 0 Å². The highest BCUT2D eigenvalue weighted by Gasteiger charge is 2.18. The van der Waals surface area contributed by atoms with Crippen LogP contribution in [0.15, 0.2) is 41.2 Å². The second-order valence-electron chi connectivity index (χ2n) is 8.86. The summed E-state index contributed by atoms with van der Waals surface area (Å²) in [7, 11) is 3.60. The average Bonchev–Trinajstić information content (AvgIpc) is 3.04. The maximum Gasteiger partial charge on any atom is 0.328 e. The van der Waals surface area contributed by atoms with Gasteiger partial charge in [-0.1, -0.05) is 24.3 Å². The Kier molecular flexibility index (Phi) is 5.29. The summed E-state index contributed by atoms with van der Waals surface area (Å²) in [6, 6.07) is 10.6. The maximum absolute atomic E-state index is 12.5. The fraction of sp³-hybridized carbons (Fsp3) is 0.346. The minimum absolute atomic E-state index is 0.0286. The van der Waals surface area contributed by atoms with Crippen molar-refractivity contribution in [3.63, 3.8) is 0 Å². The van der Waals surface area contributed by atoms with Crippen LogP contribution in [-0.2, 0) is 18.8 Å². The van der Waals surface area contributed by atoms with Crippen LogP contribution in [-0.4, -0.2) is 32.5 Å². The number of aryl methyl sites for hydroxylation is 3. The summed E-state index contributed by atoms with van der Waals surface area (Å²) < 4.78 is 8.83. The summed E-state index contributed by atoms with van der Waals surface area (Å²) in [4.78, 5) is 12.5. The number of benzene rings is 2. The molecule has 0 fully saturated rings. The zero-order chi connectivity index (χ0) is 23.3. The van der Waals surface area contributed by atoms with E-state index in [1.165, 1.54) is 22.3 Å². The van der Waals surface area contributed by atoms with E-state index in [9.17, 15) is 4.79 Å². The van der Waals surface area contributed by atoms with Gasteiger partial charge in [0, 0.05) is 24.9 Å². The number of ether oxygens (including phenoxy) is 1. The van der Waals surface area contributed by atoms with E-state index < -0.39 is 0 Å². The molecule has 0 saturated heterocycles. The van der Waals surface area contributed by atoms with Crippen molar-refractivity contribution in [2.75, 3.05) is 18.5 Å². The summed E-state index contributed by atoms with van der Waals surface area (Å²) in [6.45, 7) is 7.72. The lowest BCUT2D eigenvalue weighted by molar-refractivity contribution is 0.161. The van der Waals surface area contributed by atoms with E-state index in [-0.39, 0.29) is 11.7 Å². The van der Waals surface area contributed by atoms with Crippen LogP contribution in [0.2, 0.25) is 0 Å². The molecule has 2 aromatic carbocycles. The molecule has 33 heavy (non-hydrogen) atoms. The first-order chi connectivity index (χ1) is 15.9. The molecule has 0 radical (unpaired) electrons. The van der Waals surface area contributed by atoms with Gasteiger partial charge in [-0.05, 0) is 61.6 Å². The number of nitrogens with zero attached hydrogens (tertiary/aromatic N) is 4. The van der Waals surface area contributed by atoms with Crippen LogP contribution in [0, 0.1) is 13.8 Å². The van der Waals surface area contributed by atoms with Crippen molar-refractivity contribution in [1.82, 2.24) is 19.3 Å². The minimum atomic E-state index is -0.0448. The van der Waals surface area contributed by atoms with Gasteiger partial charge in [0.15, 0.2) is 5.82 Å². The van der Waals surface area contributed by atoms with Crippen molar-refractivity contribution in [1.29, 1.82) is 0 Å². The third-order valence-electron chi connectivity index (χ3n) is 6.86. The molecule has 0 amide bonds. The predicted octanol–water partition coefficient (Wildman–Crippen LogP) is 4.41. The Hall–Kier alpha value is -3.45. The van der Waals surface area contributed by atoms with E-state index in [0.29, 0.717) is 6.61 Å². The normalized spacial score (nSPS) is 15.1. The Balaban J connectivity index is 1.58. The smallest absolute Gasteiger partial charge is 0.328 e. The van der Waals surface area contributed by atoms with Crippen molar-refractivity contribution in [2.24, 2.45) is 14.1 Å². The Morgan fingerprint density at radius 2 is 1.79 bits per heavy atom. The molecule has 1 aliphatic heterocycles. The van der Waals surface area contributed by atoms with Gasteiger partial charge in [0.2, 0.25) is 0 Å². The summed E-state index contributed by atoms with van der Waals surface area (Å²) in [5.74, 6) is 0.719. The molecule has 170 valence electrons. The molecule has 4 aromatic rings. The molecule has 7 nitrogen and oxygen atoms in total. The minimum Gasteiger partial charge on any atom is -0.377 e. The van der Waals surface area contributed by atoms with E-state index in [0.717, 1.165) is 46.3 Å². The average molecular weight is 444 g/mol. The molecule has 1 atom stereocenters. The first kappa shape index (κ1) is 21.4. The Labute approximate surface area is 192 Å². The van der Waals surface area contributed by atoms with Crippen molar-refractivity contribution in [3.8, 4) is 0 Å². The fourth-order valence-corrected chi connectivity index (χ4v) is 4.90. The first-order valence-corrected chi connectivity index (χ1v) is 11.3. The van der Waals surface area contributed by atoms with Crippen LogP contribution < -0.4 is 11.0 Å². The molecular formula is C26H29N5O2. The van der Waals surface area contributed by atoms with Crippen LogP contribution in [0.1, 0.15) is 41.8 Å². The highest BCUT2D eigenvalue weighted by Crippen LogP contribution is 2.33. The molecule has 0 spiro atoms. The molecule has 0 aliphatic carbocycles. The zero-order valence-corrected chi connectivity index (χ0v) is 19.8. The highest BCUT2D eigenvalue weighted by molar-refractivity contribution is 6.01. The lowest BCUT2D eigenvalue weighted by Crippen LogP contribution is -2.19. The lowest BCUT2D eigenvalue weighted by atomic mass is 9.91. The van der Waals surface area contributed by atoms with Gasteiger partial charge in [-0.15, -0.1) is 5.10 Å². The van der Waals surface area contributed by atoms with E-state index in [1.54, 1.807) is 23.2 Å². The maximum atomic E-state index is 12.5. The summed E-state index contributed by atoms with van der Waals surface area (Å²) in [5.41, 5.74) is 7.68. The second kappa shape index (κ2) is 8.15. The van der Waals surface area contributed by atoms with Gasteiger partial charge in [-0.3, -0.25) is 9.13 Å². The highest BCUT2D eigenvalue weighted by atomic mass is 16.5. The van der Waals surface area contributed by atoms with Crippen LogP contribution >= 0.6 is 0 Å². The summed E-state index contributed by atoms with van der Waals surface area (Å²) >= 11 is 0. The Morgan fingerprint density at radius 3 is 2.48 bits per heavy atom. The predicted molar refractivity (Wildman–Crippen MR) is 133 cm³/mol. The summed E-state index contributed by atoms with van der Waals surface area (Å²) in [5, 5.41) is 14.4. The first-order valence-electron chi connectivity index (χ1n) is 11.3. The van der Waals surface area contributed by atoms with Crippen molar-refractivity contribution >= 4 is 33.2 Å². The third kappa shape index (κ3) is 3.53. The van der Waals surface area contributed by atoms with Gasteiger partial charge >= 0.3 is 5.69 Å². The molecule has 1 unspecified atom stereocenters. The number of aromatic nitrogens is 4. The number of hydrogen-bond acceptors (Lipinski definition) is 5. The number of nitrogens with one attached hydrogen (secondary N) is 1. The molecular weight excluding hydrogens is 414 g/mol. The number of fused-ring (bicyclic) bond motifs is 2. The van der Waals surface area contributed by atoms with Crippen molar-refractivity contribution < 1.29 is 4.74 Å². The Morgan fingerprint density at radius 1 is 1.06 bits per heavy atom. The third-order valence-corrected chi connectivity index (χ3v) is 6.86. The number of anilines is 1. The number of rotatable bonds is 4. The molecule has 0 saturated carbocycles. The van der Waals surface area contributed by atoms with Gasteiger partial charge in [0.05, 0.1) is 36.0 Å². The molecule has 3 heterocycles. The number of imidazole rings is 1. The van der Waals surface area contributed by atoms with Crippen molar-refractivity contribution in [3.05, 3.63) is 69.3 Å². The molecule has 0 bridgehead atoms.